The highest BCUT2D eigenvalue weighted by molar-refractivity contribution is 4.78. The van der Waals surface area contributed by atoms with Gasteiger partial charge in [-0.2, -0.15) is 0 Å². The average molecular weight is 266 g/mol. The highest BCUT2D eigenvalue weighted by Crippen LogP contribution is 2.29. The topological polar surface area (TPSA) is 6.48 Å². The zero-order chi connectivity index (χ0) is 13.5. The lowest BCUT2D eigenvalue weighted by molar-refractivity contribution is 0.134. The van der Waals surface area contributed by atoms with Gasteiger partial charge in [0.2, 0.25) is 0 Å². The molecular weight excluding hydrogens is 232 g/mol. The molecule has 0 spiro atoms. The van der Waals surface area contributed by atoms with E-state index in [1.807, 2.05) is 0 Å². The Morgan fingerprint density at radius 1 is 0.789 bits per heavy atom. The van der Waals surface area contributed by atoms with Crippen LogP contribution in [0.3, 0.4) is 0 Å². The molecule has 0 radical (unpaired) electrons. The summed E-state index contributed by atoms with van der Waals surface area (Å²) >= 11 is 0. The normalized spacial score (nSPS) is 24.9. The summed E-state index contributed by atoms with van der Waals surface area (Å²) in [6, 6.07) is 0. The first-order valence-electron chi connectivity index (χ1n) is 8.76. The summed E-state index contributed by atoms with van der Waals surface area (Å²) in [5.74, 6) is 2.08. The van der Waals surface area contributed by atoms with Gasteiger partial charge in [-0.3, -0.25) is 0 Å². The predicted octanol–water partition coefficient (Wildman–Crippen LogP) is 3.62. The molecule has 0 aliphatic carbocycles. The van der Waals surface area contributed by atoms with E-state index in [1.54, 1.807) is 0 Å². The SMILES string of the molecule is CCCCN1CCC(CC2CCN(CC)CC2)CC1. The van der Waals surface area contributed by atoms with Gasteiger partial charge in [-0.25, -0.2) is 0 Å². The first-order chi connectivity index (χ1) is 9.31. The molecule has 0 bridgehead atoms. The molecule has 19 heavy (non-hydrogen) atoms. The third-order valence-corrected chi connectivity index (χ3v) is 5.36. The maximum absolute atomic E-state index is 2.69. The Labute approximate surface area is 120 Å². The minimum absolute atomic E-state index is 1.04. The van der Waals surface area contributed by atoms with Crippen molar-refractivity contribution in [2.45, 2.75) is 58.8 Å². The molecule has 0 saturated carbocycles. The summed E-state index contributed by atoms with van der Waals surface area (Å²) in [5.41, 5.74) is 0. The molecule has 0 aromatic rings. The van der Waals surface area contributed by atoms with Crippen molar-refractivity contribution in [2.75, 3.05) is 39.3 Å². The first kappa shape index (κ1) is 15.3. The van der Waals surface area contributed by atoms with Crippen LogP contribution in [0.5, 0.6) is 0 Å². The van der Waals surface area contributed by atoms with Crippen LogP contribution in [-0.2, 0) is 0 Å². The van der Waals surface area contributed by atoms with Gasteiger partial charge in [0.1, 0.15) is 0 Å². The Hall–Kier alpha value is -0.0800. The van der Waals surface area contributed by atoms with E-state index in [0.29, 0.717) is 0 Å². The molecule has 2 aliphatic heterocycles. The molecule has 0 aromatic heterocycles. The smallest absolute Gasteiger partial charge is 0.00161 e. The fourth-order valence-electron chi connectivity index (χ4n) is 3.84. The maximum atomic E-state index is 2.69. The summed E-state index contributed by atoms with van der Waals surface area (Å²) < 4.78 is 0. The van der Waals surface area contributed by atoms with E-state index in [2.05, 4.69) is 23.6 Å². The molecule has 0 aromatic carbocycles. The van der Waals surface area contributed by atoms with Crippen LogP contribution in [0.15, 0.2) is 0 Å². The average Bonchev–Trinajstić information content (AvgIpc) is 2.47. The molecule has 0 N–H and O–H groups in total. The fraction of sp³-hybridized carbons (Fsp3) is 1.00. The molecular formula is C17H34N2. The Kier molecular flexibility index (Phi) is 6.66. The summed E-state index contributed by atoms with van der Waals surface area (Å²) in [6.07, 6.45) is 10.1. The van der Waals surface area contributed by atoms with Crippen LogP contribution in [0, 0.1) is 11.8 Å². The number of unbranched alkanes of at least 4 members (excludes halogenated alkanes) is 1. The van der Waals surface area contributed by atoms with E-state index in [9.17, 15) is 0 Å². The van der Waals surface area contributed by atoms with E-state index in [0.717, 1.165) is 11.8 Å². The van der Waals surface area contributed by atoms with Gasteiger partial charge in [0.05, 0.1) is 0 Å². The van der Waals surface area contributed by atoms with Gasteiger partial charge in [-0.1, -0.05) is 20.3 Å². The fourth-order valence-corrected chi connectivity index (χ4v) is 3.84. The van der Waals surface area contributed by atoms with Crippen molar-refractivity contribution < 1.29 is 0 Å². The third kappa shape index (κ3) is 5.07. The molecule has 112 valence electrons. The molecule has 0 atom stereocenters. The van der Waals surface area contributed by atoms with Gasteiger partial charge in [-0.05, 0) is 89.6 Å². The van der Waals surface area contributed by atoms with Gasteiger partial charge in [0.15, 0.2) is 0 Å². The quantitative estimate of drug-likeness (QED) is 0.724. The van der Waals surface area contributed by atoms with Gasteiger partial charge >= 0.3 is 0 Å². The van der Waals surface area contributed by atoms with Crippen molar-refractivity contribution in [3.8, 4) is 0 Å². The van der Waals surface area contributed by atoms with Crippen LogP contribution in [0.25, 0.3) is 0 Å². The second kappa shape index (κ2) is 8.26. The monoisotopic (exact) mass is 266 g/mol. The van der Waals surface area contributed by atoms with E-state index < -0.39 is 0 Å². The van der Waals surface area contributed by atoms with Gasteiger partial charge in [0, 0.05) is 0 Å². The molecule has 2 nitrogen and oxygen atoms in total. The summed E-state index contributed by atoms with van der Waals surface area (Å²) in [6.45, 7) is 12.7. The number of hydrogen-bond donors (Lipinski definition) is 0. The zero-order valence-corrected chi connectivity index (χ0v) is 13.2. The molecule has 2 rings (SSSR count). The lowest BCUT2D eigenvalue weighted by atomic mass is 9.83. The largest absolute Gasteiger partial charge is 0.304 e. The highest BCUT2D eigenvalue weighted by atomic mass is 15.1. The minimum atomic E-state index is 1.04. The van der Waals surface area contributed by atoms with Crippen LogP contribution >= 0.6 is 0 Å². The molecule has 2 heteroatoms. The number of piperidine rings is 2. The Balaban J connectivity index is 1.60. The summed E-state index contributed by atoms with van der Waals surface area (Å²) in [7, 11) is 0. The molecule has 2 aliphatic rings. The van der Waals surface area contributed by atoms with Crippen molar-refractivity contribution >= 4 is 0 Å². The van der Waals surface area contributed by atoms with Gasteiger partial charge in [0.25, 0.3) is 0 Å². The predicted molar refractivity (Wildman–Crippen MR) is 83.5 cm³/mol. The number of rotatable bonds is 6. The van der Waals surface area contributed by atoms with Crippen LogP contribution in [0.1, 0.15) is 58.8 Å². The summed E-state index contributed by atoms with van der Waals surface area (Å²) in [4.78, 5) is 5.31. The second-order valence-electron chi connectivity index (χ2n) is 6.75. The van der Waals surface area contributed by atoms with Crippen molar-refractivity contribution in [1.29, 1.82) is 0 Å². The van der Waals surface area contributed by atoms with E-state index in [4.69, 9.17) is 0 Å². The first-order valence-corrected chi connectivity index (χ1v) is 8.76. The lowest BCUT2D eigenvalue weighted by Crippen LogP contribution is -2.37. The molecule has 0 unspecified atom stereocenters. The van der Waals surface area contributed by atoms with Gasteiger partial charge in [-0.15, -0.1) is 0 Å². The number of nitrogens with zero attached hydrogens (tertiary/aromatic N) is 2. The maximum Gasteiger partial charge on any atom is -0.00161 e. The van der Waals surface area contributed by atoms with Crippen molar-refractivity contribution in [3.05, 3.63) is 0 Å². The minimum Gasteiger partial charge on any atom is -0.304 e. The highest BCUT2D eigenvalue weighted by Gasteiger charge is 2.24. The number of likely N-dealkylation sites (tertiary alicyclic amines) is 2. The van der Waals surface area contributed by atoms with Crippen LogP contribution in [0.2, 0.25) is 0 Å². The van der Waals surface area contributed by atoms with E-state index in [1.165, 1.54) is 84.2 Å². The van der Waals surface area contributed by atoms with E-state index in [-0.39, 0.29) is 0 Å². The third-order valence-electron chi connectivity index (χ3n) is 5.36. The molecule has 2 fully saturated rings. The Morgan fingerprint density at radius 3 is 1.79 bits per heavy atom. The van der Waals surface area contributed by atoms with Crippen LogP contribution in [0.4, 0.5) is 0 Å². The molecule has 0 amide bonds. The second-order valence-corrected chi connectivity index (χ2v) is 6.75. The van der Waals surface area contributed by atoms with Crippen LogP contribution < -0.4 is 0 Å². The number of hydrogen-bond acceptors (Lipinski definition) is 2. The van der Waals surface area contributed by atoms with Crippen LogP contribution in [-0.4, -0.2) is 49.1 Å². The summed E-state index contributed by atoms with van der Waals surface area (Å²) in [5, 5.41) is 0. The van der Waals surface area contributed by atoms with Crippen molar-refractivity contribution in [2.24, 2.45) is 11.8 Å². The van der Waals surface area contributed by atoms with Crippen molar-refractivity contribution in [3.63, 3.8) is 0 Å². The standard InChI is InChI=1S/C17H34N2/c1-3-5-10-19-13-8-17(9-14-19)15-16-6-11-18(4-2)12-7-16/h16-17H,3-15H2,1-2H3. The zero-order valence-electron chi connectivity index (χ0n) is 13.2. The van der Waals surface area contributed by atoms with E-state index >= 15 is 0 Å². The Bertz CT molecular complexity index is 225. The molecule has 2 heterocycles. The molecule has 2 saturated heterocycles. The van der Waals surface area contributed by atoms with Crippen molar-refractivity contribution in [1.82, 2.24) is 9.80 Å². The lowest BCUT2D eigenvalue weighted by Gasteiger charge is -2.36. The Morgan fingerprint density at radius 2 is 1.32 bits per heavy atom. The van der Waals surface area contributed by atoms with Gasteiger partial charge < -0.3 is 9.80 Å².